The molecule has 0 radical (unpaired) electrons. The Morgan fingerprint density at radius 2 is 1.81 bits per heavy atom. The highest BCUT2D eigenvalue weighted by atomic mass is 127. The first kappa shape index (κ1) is 13.1. The second-order valence-electron chi connectivity index (χ2n) is 5.80. The van der Waals surface area contributed by atoms with E-state index >= 15 is 0 Å². The maximum absolute atomic E-state index is 6.26. The molecule has 2 aliphatic rings. The Balaban J connectivity index is 1.76. The van der Waals surface area contributed by atoms with Crippen molar-refractivity contribution in [1.82, 2.24) is 0 Å². The fraction of sp³-hybridized carbons (Fsp3) is 1.00. The van der Waals surface area contributed by atoms with E-state index in [1.54, 1.807) is 0 Å². The lowest BCUT2D eigenvalue weighted by molar-refractivity contribution is -0.0636. The van der Waals surface area contributed by atoms with Crippen LogP contribution in [-0.4, -0.2) is 16.6 Å². The normalized spacial score (nSPS) is 35.2. The average Bonchev–Trinajstić information content (AvgIpc) is 3.13. The molecule has 0 heterocycles. The fourth-order valence-corrected chi connectivity index (χ4v) is 3.78. The zero-order valence-electron chi connectivity index (χ0n) is 10.5. The molecule has 0 atom stereocenters. The second-order valence-corrected chi connectivity index (χ2v) is 6.57. The summed E-state index contributed by atoms with van der Waals surface area (Å²) in [5.41, 5.74) is 0.257. The van der Waals surface area contributed by atoms with Gasteiger partial charge in [0.25, 0.3) is 0 Å². The summed E-state index contributed by atoms with van der Waals surface area (Å²) in [7, 11) is 0. The van der Waals surface area contributed by atoms with Crippen molar-refractivity contribution in [2.24, 2.45) is 11.8 Å². The molecule has 0 aromatic carbocycles. The van der Waals surface area contributed by atoms with Crippen LogP contribution in [0.25, 0.3) is 0 Å². The summed E-state index contributed by atoms with van der Waals surface area (Å²) >= 11 is 2.53. The summed E-state index contributed by atoms with van der Waals surface area (Å²) < 4.78 is 7.45. The Labute approximate surface area is 114 Å². The van der Waals surface area contributed by atoms with E-state index < -0.39 is 0 Å². The highest BCUT2D eigenvalue weighted by Gasteiger charge is 2.36. The van der Waals surface area contributed by atoms with Crippen LogP contribution in [-0.2, 0) is 4.74 Å². The highest BCUT2D eigenvalue weighted by Crippen LogP contribution is 2.40. The topological polar surface area (TPSA) is 9.23 Å². The van der Waals surface area contributed by atoms with Crippen LogP contribution in [0.3, 0.4) is 0 Å². The molecule has 0 bridgehead atoms. The van der Waals surface area contributed by atoms with Crippen molar-refractivity contribution in [3.05, 3.63) is 0 Å². The van der Waals surface area contributed by atoms with Crippen molar-refractivity contribution in [3.8, 4) is 0 Å². The average molecular weight is 336 g/mol. The minimum Gasteiger partial charge on any atom is -0.374 e. The molecule has 0 amide bonds. The molecule has 0 aromatic rings. The van der Waals surface area contributed by atoms with E-state index in [0.717, 1.165) is 18.4 Å². The Morgan fingerprint density at radius 1 is 1.12 bits per heavy atom. The maximum atomic E-state index is 6.26. The van der Waals surface area contributed by atoms with Crippen molar-refractivity contribution in [2.75, 3.05) is 11.0 Å². The molecular formula is C14H25IO. The molecule has 2 heteroatoms. The predicted octanol–water partition coefficient (Wildman–Crippen LogP) is 4.58. The van der Waals surface area contributed by atoms with E-state index in [1.165, 1.54) is 55.8 Å². The number of ether oxygens (including phenoxy) is 1. The minimum absolute atomic E-state index is 0.257. The first-order valence-corrected chi connectivity index (χ1v) is 8.50. The van der Waals surface area contributed by atoms with Crippen LogP contribution >= 0.6 is 22.6 Å². The molecule has 2 saturated carbocycles. The van der Waals surface area contributed by atoms with Crippen LogP contribution in [0.1, 0.15) is 58.3 Å². The number of hydrogen-bond acceptors (Lipinski definition) is 1. The quantitative estimate of drug-likeness (QED) is 0.510. The van der Waals surface area contributed by atoms with Gasteiger partial charge >= 0.3 is 0 Å². The molecule has 0 N–H and O–H groups in total. The molecule has 0 aromatic heterocycles. The summed E-state index contributed by atoms with van der Waals surface area (Å²) in [5.74, 6) is 1.90. The van der Waals surface area contributed by atoms with Gasteiger partial charge in [0.2, 0.25) is 0 Å². The second kappa shape index (κ2) is 6.03. The van der Waals surface area contributed by atoms with E-state index in [0.29, 0.717) is 0 Å². The van der Waals surface area contributed by atoms with Gasteiger partial charge in [0.15, 0.2) is 0 Å². The molecule has 2 rings (SSSR count). The smallest absolute Gasteiger partial charge is 0.0771 e. The van der Waals surface area contributed by atoms with Gasteiger partial charge in [-0.2, -0.15) is 0 Å². The van der Waals surface area contributed by atoms with Crippen LogP contribution in [0.4, 0.5) is 0 Å². The van der Waals surface area contributed by atoms with Crippen LogP contribution in [0, 0.1) is 11.8 Å². The summed E-state index contributed by atoms with van der Waals surface area (Å²) in [6, 6.07) is 0. The largest absolute Gasteiger partial charge is 0.374 e. The van der Waals surface area contributed by atoms with Crippen LogP contribution in [0.2, 0.25) is 0 Å². The number of rotatable bonds is 6. The van der Waals surface area contributed by atoms with E-state index in [2.05, 4.69) is 29.5 Å². The Kier molecular flexibility index (Phi) is 4.95. The molecule has 2 aliphatic carbocycles. The highest BCUT2D eigenvalue weighted by molar-refractivity contribution is 14.1. The molecule has 0 unspecified atom stereocenters. The molecule has 0 aliphatic heterocycles. The van der Waals surface area contributed by atoms with Gasteiger partial charge in [0.1, 0.15) is 0 Å². The van der Waals surface area contributed by atoms with Crippen LogP contribution < -0.4 is 0 Å². The summed E-state index contributed by atoms with van der Waals surface area (Å²) in [6.07, 6.45) is 11.0. The monoisotopic (exact) mass is 336 g/mol. The van der Waals surface area contributed by atoms with Crippen molar-refractivity contribution < 1.29 is 4.74 Å². The summed E-state index contributed by atoms with van der Waals surface area (Å²) in [4.78, 5) is 0. The van der Waals surface area contributed by atoms with Gasteiger partial charge in [-0.1, -0.05) is 42.4 Å². The number of alkyl halides is 1. The first-order chi connectivity index (χ1) is 7.78. The Bertz CT molecular complexity index is 205. The first-order valence-electron chi connectivity index (χ1n) is 6.98. The Morgan fingerprint density at radius 3 is 2.31 bits per heavy atom. The van der Waals surface area contributed by atoms with Gasteiger partial charge in [-0.15, -0.1) is 0 Å². The van der Waals surface area contributed by atoms with Gasteiger partial charge in [0.05, 0.1) is 12.2 Å². The molecule has 0 spiro atoms. The SMILES string of the molecule is CCCC1CCC(CI)(OCC2CC2)CC1. The van der Waals surface area contributed by atoms with Gasteiger partial charge < -0.3 is 4.74 Å². The maximum Gasteiger partial charge on any atom is 0.0771 e. The lowest BCUT2D eigenvalue weighted by Crippen LogP contribution is -2.39. The van der Waals surface area contributed by atoms with E-state index in [9.17, 15) is 0 Å². The van der Waals surface area contributed by atoms with E-state index in [4.69, 9.17) is 4.74 Å². The molecule has 2 fully saturated rings. The number of hydrogen-bond donors (Lipinski definition) is 0. The Hall–Kier alpha value is 0.690. The molecule has 16 heavy (non-hydrogen) atoms. The lowest BCUT2D eigenvalue weighted by atomic mass is 9.78. The van der Waals surface area contributed by atoms with Crippen molar-refractivity contribution in [2.45, 2.75) is 63.9 Å². The summed E-state index contributed by atoms with van der Waals surface area (Å²) in [6.45, 7) is 3.35. The lowest BCUT2D eigenvalue weighted by Gasteiger charge is -2.39. The third-order valence-electron chi connectivity index (χ3n) is 4.28. The predicted molar refractivity (Wildman–Crippen MR) is 77.2 cm³/mol. The van der Waals surface area contributed by atoms with Gasteiger partial charge in [-0.25, -0.2) is 0 Å². The molecule has 94 valence electrons. The molecular weight excluding hydrogens is 311 g/mol. The molecule has 1 nitrogen and oxygen atoms in total. The third-order valence-corrected chi connectivity index (χ3v) is 5.67. The number of halogens is 1. The van der Waals surface area contributed by atoms with Crippen molar-refractivity contribution >= 4 is 22.6 Å². The minimum atomic E-state index is 0.257. The van der Waals surface area contributed by atoms with E-state index in [-0.39, 0.29) is 5.60 Å². The van der Waals surface area contributed by atoms with Gasteiger partial charge in [-0.05, 0) is 50.4 Å². The van der Waals surface area contributed by atoms with Crippen molar-refractivity contribution in [3.63, 3.8) is 0 Å². The zero-order valence-corrected chi connectivity index (χ0v) is 12.7. The zero-order chi connectivity index (χ0) is 11.4. The van der Waals surface area contributed by atoms with E-state index in [1.807, 2.05) is 0 Å². The summed E-state index contributed by atoms with van der Waals surface area (Å²) in [5, 5.41) is 0. The van der Waals surface area contributed by atoms with Gasteiger partial charge in [0, 0.05) is 4.43 Å². The third kappa shape index (κ3) is 3.59. The fourth-order valence-electron chi connectivity index (χ4n) is 2.80. The van der Waals surface area contributed by atoms with Crippen molar-refractivity contribution in [1.29, 1.82) is 0 Å². The van der Waals surface area contributed by atoms with Crippen LogP contribution in [0.5, 0.6) is 0 Å². The van der Waals surface area contributed by atoms with Gasteiger partial charge in [-0.3, -0.25) is 0 Å². The standard InChI is InChI=1S/C14H25IO/c1-2-3-12-6-8-14(11-15,9-7-12)16-10-13-4-5-13/h12-13H,2-11H2,1H3. The molecule has 0 saturated heterocycles. The van der Waals surface area contributed by atoms with Crippen LogP contribution in [0.15, 0.2) is 0 Å².